The Balaban J connectivity index is 1.63. The summed E-state index contributed by atoms with van der Waals surface area (Å²) in [5.74, 6) is -2.47. The number of hydrogen-bond acceptors (Lipinski definition) is 5. The molecule has 2 aromatic carbocycles. The van der Waals surface area contributed by atoms with Crippen molar-refractivity contribution in [1.82, 2.24) is 5.32 Å². The van der Waals surface area contributed by atoms with Crippen molar-refractivity contribution in [2.75, 3.05) is 18.5 Å². The lowest BCUT2D eigenvalue weighted by atomic mass is 10.1. The molecule has 0 saturated heterocycles. The number of furan rings is 1. The van der Waals surface area contributed by atoms with E-state index < -0.39 is 24.3 Å². The summed E-state index contributed by atoms with van der Waals surface area (Å²) < 4.78 is 24.1. The number of carbonyl (C=O) groups is 3. The van der Waals surface area contributed by atoms with Crippen LogP contribution in [0.3, 0.4) is 0 Å². The average Bonchev–Trinajstić information content (AvgIpc) is 3.05. The SMILES string of the molecule is CCNC(=O)c1cccc(NC(=O)COC(=O)c2oc3c(F)cccc3c2C)c1. The second-order valence-corrected chi connectivity index (χ2v) is 6.24. The van der Waals surface area contributed by atoms with E-state index in [1.165, 1.54) is 18.2 Å². The number of esters is 1. The molecule has 1 aromatic heterocycles. The molecule has 1 heterocycles. The molecule has 0 fully saturated rings. The molecular formula is C21H19FN2O5. The summed E-state index contributed by atoms with van der Waals surface area (Å²) in [6, 6.07) is 10.7. The van der Waals surface area contributed by atoms with Crippen molar-refractivity contribution in [2.45, 2.75) is 13.8 Å². The zero-order chi connectivity index (χ0) is 21.0. The maximum atomic E-state index is 13.8. The van der Waals surface area contributed by atoms with Crippen molar-refractivity contribution in [3.05, 3.63) is 65.2 Å². The Hall–Kier alpha value is -3.68. The van der Waals surface area contributed by atoms with Crippen molar-refractivity contribution in [1.29, 1.82) is 0 Å². The number of para-hydroxylation sites is 1. The number of aryl methyl sites for hydroxylation is 1. The number of hydrogen-bond donors (Lipinski definition) is 2. The first kappa shape index (κ1) is 20.1. The number of anilines is 1. The topological polar surface area (TPSA) is 97.6 Å². The largest absolute Gasteiger partial charge is 0.450 e. The van der Waals surface area contributed by atoms with E-state index in [-0.39, 0.29) is 17.3 Å². The summed E-state index contributed by atoms with van der Waals surface area (Å²) in [6.45, 7) is 3.32. The molecule has 7 nitrogen and oxygen atoms in total. The predicted molar refractivity (Wildman–Crippen MR) is 104 cm³/mol. The van der Waals surface area contributed by atoms with E-state index in [4.69, 9.17) is 9.15 Å². The average molecular weight is 398 g/mol. The van der Waals surface area contributed by atoms with E-state index in [1.54, 1.807) is 38.1 Å². The number of carbonyl (C=O) groups excluding carboxylic acids is 3. The molecule has 0 saturated carbocycles. The highest BCUT2D eigenvalue weighted by Gasteiger charge is 2.21. The van der Waals surface area contributed by atoms with Gasteiger partial charge in [0.15, 0.2) is 18.0 Å². The number of nitrogens with one attached hydrogen (secondary N) is 2. The normalized spacial score (nSPS) is 10.6. The van der Waals surface area contributed by atoms with Crippen LogP contribution < -0.4 is 10.6 Å². The molecule has 2 amide bonds. The molecule has 150 valence electrons. The highest BCUT2D eigenvalue weighted by atomic mass is 19.1. The molecule has 0 radical (unpaired) electrons. The molecular weight excluding hydrogens is 379 g/mol. The Bertz CT molecular complexity index is 1090. The molecule has 0 aliphatic rings. The lowest BCUT2D eigenvalue weighted by Gasteiger charge is -2.08. The van der Waals surface area contributed by atoms with Crippen LogP contribution in [0.15, 0.2) is 46.9 Å². The minimum Gasteiger partial charge on any atom is -0.450 e. The Morgan fingerprint density at radius 3 is 2.62 bits per heavy atom. The third-order valence-electron chi connectivity index (χ3n) is 4.18. The van der Waals surface area contributed by atoms with E-state index in [0.29, 0.717) is 28.7 Å². The molecule has 0 unspecified atom stereocenters. The fourth-order valence-corrected chi connectivity index (χ4v) is 2.80. The zero-order valence-electron chi connectivity index (χ0n) is 15.9. The van der Waals surface area contributed by atoms with E-state index in [9.17, 15) is 18.8 Å². The number of rotatable bonds is 6. The van der Waals surface area contributed by atoms with Crippen LogP contribution in [0.5, 0.6) is 0 Å². The minimum absolute atomic E-state index is 0.0384. The molecule has 0 bridgehead atoms. The van der Waals surface area contributed by atoms with E-state index in [2.05, 4.69) is 10.6 Å². The third-order valence-corrected chi connectivity index (χ3v) is 4.18. The number of fused-ring (bicyclic) bond motifs is 1. The van der Waals surface area contributed by atoms with E-state index in [0.717, 1.165) is 0 Å². The second kappa shape index (κ2) is 8.55. The number of amides is 2. The predicted octanol–water partition coefficient (Wildman–Crippen LogP) is 3.43. The van der Waals surface area contributed by atoms with Gasteiger partial charge in [0, 0.05) is 28.7 Å². The molecule has 0 atom stereocenters. The summed E-state index contributed by atoms with van der Waals surface area (Å²) in [7, 11) is 0. The van der Waals surface area contributed by atoms with Gasteiger partial charge < -0.3 is 19.8 Å². The van der Waals surface area contributed by atoms with Gasteiger partial charge in [-0.1, -0.05) is 18.2 Å². The zero-order valence-corrected chi connectivity index (χ0v) is 15.9. The fourth-order valence-electron chi connectivity index (χ4n) is 2.80. The van der Waals surface area contributed by atoms with Crippen LogP contribution in [-0.2, 0) is 9.53 Å². The molecule has 2 N–H and O–H groups in total. The molecule has 3 rings (SSSR count). The number of benzene rings is 2. The first-order valence-corrected chi connectivity index (χ1v) is 8.93. The van der Waals surface area contributed by atoms with Gasteiger partial charge in [0.25, 0.3) is 11.8 Å². The van der Waals surface area contributed by atoms with Crippen molar-refractivity contribution in [2.24, 2.45) is 0 Å². The summed E-state index contributed by atoms with van der Waals surface area (Å²) >= 11 is 0. The van der Waals surface area contributed by atoms with Crippen molar-refractivity contribution in [3.63, 3.8) is 0 Å². The van der Waals surface area contributed by atoms with Gasteiger partial charge >= 0.3 is 5.97 Å². The molecule has 29 heavy (non-hydrogen) atoms. The van der Waals surface area contributed by atoms with E-state index >= 15 is 0 Å². The van der Waals surface area contributed by atoms with Crippen LogP contribution in [-0.4, -0.2) is 30.9 Å². The lowest BCUT2D eigenvalue weighted by Crippen LogP contribution is -2.23. The van der Waals surface area contributed by atoms with Crippen LogP contribution >= 0.6 is 0 Å². The Morgan fingerprint density at radius 2 is 1.90 bits per heavy atom. The third kappa shape index (κ3) is 4.43. The van der Waals surface area contributed by atoms with Crippen molar-refractivity contribution >= 4 is 34.4 Å². The van der Waals surface area contributed by atoms with Crippen LogP contribution in [0.2, 0.25) is 0 Å². The van der Waals surface area contributed by atoms with Gasteiger partial charge in [-0.3, -0.25) is 9.59 Å². The Kier molecular flexibility index (Phi) is 5.92. The Labute approximate surface area is 165 Å². The smallest absolute Gasteiger partial charge is 0.375 e. The van der Waals surface area contributed by atoms with Crippen molar-refractivity contribution in [3.8, 4) is 0 Å². The quantitative estimate of drug-likeness (QED) is 0.620. The van der Waals surface area contributed by atoms with Crippen LogP contribution in [0, 0.1) is 12.7 Å². The molecule has 8 heteroatoms. The molecule has 0 aliphatic carbocycles. The van der Waals surface area contributed by atoms with E-state index in [1.807, 2.05) is 0 Å². The van der Waals surface area contributed by atoms with Gasteiger partial charge in [-0.05, 0) is 38.1 Å². The summed E-state index contributed by atoms with van der Waals surface area (Å²) in [5.41, 5.74) is 1.17. The Morgan fingerprint density at radius 1 is 1.14 bits per heavy atom. The van der Waals surface area contributed by atoms with Gasteiger partial charge in [0.1, 0.15) is 0 Å². The second-order valence-electron chi connectivity index (χ2n) is 6.24. The molecule has 3 aromatic rings. The van der Waals surface area contributed by atoms with Gasteiger partial charge in [-0.2, -0.15) is 0 Å². The van der Waals surface area contributed by atoms with Gasteiger partial charge in [-0.25, -0.2) is 9.18 Å². The minimum atomic E-state index is -0.871. The van der Waals surface area contributed by atoms with Gasteiger partial charge in [-0.15, -0.1) is 0 Å². The number of halogens is 1. The number of ether oxygens (including phenoxy) is 1. The first-order chi connectivity index (χ1) is 13.9. The maximum absolute atomic E-state index is 13.8. The fraction of sp³-hybridized carbons (Fsp3) is 0.190. The highest BCUT2D eigenvalue weighted by Crippen LogP contribution is 2.27. The summed E-state index contributed by atoms with van der Waals surface area (Å²) in [4.78, 5) is 36.2. The van der Waals surface area contributed by atoms with Crippen LogP contribution in [0.1, 0.15) is 33.4 Å². The molecule has 0 aliphatic heterocycles. The first-order valence-electron chi connectivity index (χ1n) is 8.93. The molecule has 0 spiro atoms. The summed E-state index contributed by atoms with van der Waals surface area (Å²) in [5, 5.41) is 5.67. The van der Waals surface area contributed by atoms with Crippen LogP contribution in [0.25, 0.3) is 11.0 Å². The lowest BCUT2D eigenvalue weighted by molar-refractivity contribution is -0.119. The van der Waals surface area contributed by atoms with Crippen LogP contribution in [0.4, 0.5) is 10.1 Å². The van der Waals surface area contributed by atoms with Gasteiger partial charge in [0.05, 0.1) is 0 Å². The summed E-state index contributed by atoms with van der Waals surface area (Å²) in [6.07, 6.45) is 0. The maximum Gasteiger partial charge on any atom is 0.375 e. The van der Waals surface area contributed by atoms with Gasteiger partial charge in [0.2, 0.25) is 5.76 Å². The highest BCUT2D eigenvalue weighted by molar-refractivity contribution is 5.99. The van der Waals surface area contributed by atoms with Crippen molar-refractivity contribution < 1.29 is 27.9 Å². The standard InChI is InChI=1S/C21H19FN2O5/c1-3-23-20(26)13-6-4-7-14(10-13)24-17(25)11-28-21(27)18-12(2)15-8-5-9-16(22)19(15)29-18/h4-10H,3,11H2,1-2H3,(H,23,26)(H,24,25). The monoisotopic (exact) mass is 398 g/mol.